The minimum Gasteiger partial charge on any atom is -0.327 e. The molecular weight excluding hydrogens is 206 g/mol. The molecule has 1 aromatic carbocycles. The maximum Gasteiger partial charge on any atom is 0.0112 e. The average molecular weight is 224 g/mol. The minimum atomic E-state index is 0. The molecule has 2 rings (SSSR count). The van der Waals surface area contributed by atoms with Crippen LogP contribution in [0.5, 0.6) is 0 Å². The number of hydrogen-bond acceptors (Lipinski definition) is 1. The van der Waals surface area contributed by atoms with Crippen molar-refractivity contribution in [1.29, 1.82) is 0 Å². The van der Waals surface area contributed by atoms with Crippen LogP contribution < -0.4 is 5.73 Å². The Balaban J connectivity index is 0.00000112. The van der Waals surface area contributed by atoms with Gasteiger partial charge >= 0.3 is 0 Å². The summed E-state index contributed by atoms with van der Waals surface area (Å²) in [4.78, 5) is 0. The molecule has 0 unspecified atom stereocenters. The number of hydrogen-bond donors (Lipinski definition) is 1. The molecule has 2 N–H and O–H groups in total. The van der Waals surface area contributed by atoms with Crippen LogP contribution in [-0.2, 0) is 0 Å². The van der Waals surface area contributed by atoms with Gasteiger partial charge in [-0.25, -0.2) is 0 Å². The predicted molar refractivity (Wildman–Crippen MR) is 68.0 cm³/mol. The van der Waals surface area contributed by atoms with Crippen LogP contribution >= 0.6 is 12.4 Å². The van der Waals surface area contributed by atoms with E-state index in [-0.39, 0.29) is 12.4 Å². The lowest BCUT2D eigenvalue weighted by atomic mass is 10.0. The molecule has 2 atom stereocenters. The number of rotatable bonds is 3. The summed E-state index contributed by atoms with van der Waals surface area (Å²) in [7, 11) is 0. The Morgan fingerprint density at radius 3 is 2.47 bits per heavy atom. The minimum absolute atomic E-state index is 0. The lowest BCUT2D eigenvalue weighted by Crippen LogP contribution is -2.03. The van der Waals surface area contributed by atoms with Gasteiger partial charge in [-0.05, 0) is 24.3 Å². The Hall–Kier alpha value is -0.790. The molecular formula is C13H18ClN. The van der Waals surface area contributed by atoms with E-state index < -0.39 is 0 Å². The average Bonchev–Trinajstić information content (AvgIpc) is 2.93. The van der Waals surface area contributed by atoms with Gasteiger partial charge in [0.25, 0.3) is 0 Å². The Kier molecular flexibility index (Phi) is 4.37. The summed E-state index contributed by atoms with van der Waals surface area (Å²) in [6, 6.07) is 10.9. The van der Waals surface area contributed by atoms with E-state index in [0.717, 1.165) is 6.42 Å². The first-order valence-corrected chi connectivity index (χ1v) is 5.32. The second kappa shape index (κ2) is 5.34. The van der Waals surface area contributed by atoms with Crippen molar-refractivity contribution in [1.82, 2.24) is 0 Å². The Morgan fingerprint density at radius 2 is 2.00 bits per heavy atom. The van der Waals surface area contributed by atoms with Crippen molar-refractivity contribution in [2.45, 2.75) is 25.8 Å². The largest absolute Gasteiger partial charge is 0.327 e. The molecule has 1 aliphatic carbocycles. The van der Waals surface area contributed by atoms with Crippen LogP contribution in [0.25, 0.3) is 6.08 Å². The Labute approximate surface area is 97.8 Å². The molecule has 0 spiro atoms. The van der Waals surface area contributed by atoms with Crippen LogP contribution in [0, 0.1) is 5.92 Å². The highest BCUT2D eigenvalue weighted by molar-refractivity contribution is 5.85. The van der Waals surface area contributed by atoms with Crippen molar-refractivity contribution in [2.75, 3.05) is 0 Å². The molecule has 2 heteroatoms. The molecule has 0 bridgehead atoms. The summed E-state index contributed by atoms with van der Waals surface area (Å²) in [6.07, 6.45) is 4.58. The van der Waals surface area contributed by atoms with E-state index in [1.165, 1.54) is 17.6 Å². The third-order valence-corrected chi connectivity index (χ3v) is 2.88. The first-order chi connectivity index (χ1) is 6.81. The van der Waals surface area contributed by atoms with E-state index in [2.05, 4.69) is 37.3 Å². The molecule has 0 saturated heterocycles. The van der Waals surface area contributed by atoms with Crippen LogP contribution in [0.15, 0.2) is 35.9 Å². The van der Waals surface area contributed by atoms with Gasteiger partial charge in [0.1, 0.15) is 0 Å². The fourth-order valence-corrected chi connectivity index (χ4v) is 1.88. The third kappa shape index (κ3) is 3.08. The van der Waals surface area contributed by atoms with Crippen molar-refractivity contribution in [3.05, 3.63) is 41.5 Å². The van der Waals surface area contributed by atoms with E-state index in [9.17, 15) is 0 Å². The van der Waals surface area contributed by atoms with Crippen LogP contribution in [0.1, 0.15) is 25.3 Å². The summed E-state index contributed by atoms with van der Waals surface area (Å²) in [5.74, 6) is 0.653. The van der Waals surface area contributed by atoms with Crippen LogP contribution in [0.4, 0.5) is 0 Å². The van der Waals surface area contributed by atoms with Crippen molar-refractivity contribution in [2.24, 2.45) is 11.7 Å². The highest BCUT2D eigenvalue weighted by atomic mass is 35.5. The molecule has 0 aromatic heterocycles. The molecule has 15 heavy (non-hydrogen) atoms. The van der Waals surface area contributed by atoms with Crippen molar-refractivity contribution in [3.63, 3.8) is 0 Å². The standard InChI is InChI=1S/C13H17N.ClH/c1-2-11(12-9-13(12)14)8-10-6-4-3-5-7-10;/h3-8,12-13H,2,9,14H2,1H3;1H/b11-8+;/t12-,13+;/m1./s1. The molecule has 1 nitrogen and oxygen atoms in total. The number of nitrogens with two attached hydrogens (primary N) is 1. The summed E-state index contributed by atoms with van der Waals surface area (Å²) < 4.78 is 0. The quantitative estimate of drug-likeness (QED) is 0.837. The second-order valence-corrected chi connectivity index (χ2v) is 3.99. The fourth-order valence-electron chi connectivity index (χ4n) is 1.88. The third-order valence-electron chi connectivity index (χ3n) is 2.88. The maximum absolute atomic E-state index is 5.86. The zero-order chi connectivity index (χ0) is 9.97. The Bertz CT molecular complexity index is 332. The maximum atomic E-state index is 5.86. The molecule has 0 amide bonds. The molecule has 0 heterocycles. The molecule has 1 fully saturated rings. The smallest absolute Gasteiger partial charge is 0.0112 e. The molecule has 0 radical (unpaired) electrons. The van der Waals surface area contributed by atoms with Gasteiger partial charge in [-0.15, -0.1) is 12.4 Å². The zero-order valence-electron chi connectivity index (χ0n) is 9.02. The fraction of sp³-hybridized carbons (Fsp3) is 0.385. The van der Waals surface area contributed by atoms with Gasteiger partial charge in [0.15, 0.2) is 0 Å². The summed E-state index contributed by atoms with van der Waals surface area (Å²) in [6.45, 7) is 2.21. The lowest BCUT2D eigenvalue weighted by molar-refractivity contribution is 0.870. The van der Waals surface area contributed by atoms with Crippen LogP contribution in [0.3, 0.4) is 0 Å². The van der Waals surface area contributed by atoms with Gasteiger partial charge in [0.2, 0.25) is 0 Å². The van der Waals surface area contributed by atoms with Gasteiger partial charge in [-0.2, -0.15) is 0 Å². The monoisotopic (exact) mass is 223 g/mol. The van der Waals surface area contributed by atoms with E-state index in [1.807, 2.05) is 6.07 Å². The van der Waals surface area contributed by atoms with E-state index in [4.69, 9.17) is 5.73 Å². The molecule has 1 saturated carbocycles. The Morgan fingerprint density at radius 1 is 1.40 bits per heavy atom. The summed E-state index contributed by atoms with van der Waals surface area (Å²) in [5.41, 5.74) is 8.65. The predicted octanol–water partition coefficient (Wildman–Crippen LogP) is 3.25. The van der Waals surface area contributed by atoms with Gasteiger partial charge in [0.05, 0.1) is 0 Å². The summed E-state index contributed by atoms with van der Waals surface area (Å²) in [5, 5.41) is 0. The van der Waals surface area contributed by atoms with Crippen molar-refractivity contribution >= 4 is 18.5 Å². The van der Waals surface area contributed by atoms with E-state index in [1.54, 1.807) is 0 Å². The summed E-state index contributed by atoms with van der Waals surface area (Å²) >= 11 is 0. The van der Waals surface area contributed by atoms with Gasteiger partial charge in [-0.1, -0.05) is 48.9 Å². The SMILES string of the molecule is CC/C(=C\c1ccccc1)[C@H]1C[C@@H]1N.Cl. The molecule has 1 aliphatic rings. The van der Waals surface area contributed by atoms with E-state index >= 15 is 0 Å². The van der Waals surface area contributed by atoms with Gasteiger partial charge < -0.3 is 5.73 Å². The van der Waals surface area contributed by atoms with Crippen molar-refractivity contribution in [3.8, 4) is 0 Å². The first-order valence-electron chi connectivity index (χ1n) is 5.32. The molecule has 0 aliphatic heterocycles. The van der Waals surface area contributed by atoms with Crippen LogP contribution in [0.2, 0.25) is 0 Å². The zero-order valence-corrected chi connectivity index (χ0v) is 9.84. The van der Waals surface area contributed by atoms with Crippen LogP contribution in [-0.4, -0.2) is 6.04 Å². The highest BCUT2D eigenvalue weighted by Crippen LogP contribution is 2.37. The lowest BCUT2D eigenvalue weighted by Gasteiger charge is -2.02. The number of halogens is 1. The molecule has 82 valence electrons. The number of benzene rings is 1. The normalized spacial score (nSPS) is 24.5. The van der Waals surface area contributed by atoms with E-state index in [0.29, 0.717) is 12.0 Å². The second-order valence-electron chi connectivity index (χ2n) is 3.99. The highest BCUT2D eigenvalue weighted by Gasteiger charge is 2.35. The first kappa shape index (κ1) is 12.3. The van der Waals surface area contributed by atoms with Gasteiger partial charge in [-0.3, -0.25) is 0 Å². The van der Waals surface area contributed by atoms with Crippen molar-refractivity contribution < 1.29 is 0 Å². The topological polar surface area (TPSA) is 26.0 Å². The molecule has 1 aromatic rings. The van der Waals surface area contributed by atoms with Gasteiger partial charge in [0, 0.05) is 6.04 Å².